The number of fused-ring (bicyclic) bond motifs is 8. The molecule has 0 radical (unpaired) electrons. The number of hydrogen-bond donors (Lipinski definition) is 0. The van der Waals surface area contributed by atoms with Gasteiger partial charge in [-0.15, -0.1) is 108 Å². The molecule has 0 amide bonds. The smallest absolute Gasteiger partial charge is 1.00 e. The summed E-state index contributed by atoms with van der Waals surface area (Å²) in [7, 11) is 0.115. The second-order valence-electron chi connectivity index (χ2n) is 13.3. The molecule has 0 aromatic heterocycles. The van der Waals surface area contributed by atoms with E-state index in [1.54, 1.807) is 0 Å². The quantitative estimate of drug-likeness (QED) is 0.148. The Morgan fingerprint density at radius 3 is 1.19 bits per heavy atom. The van der Waals surface area contributed by atoms with Gasteiger partial charge in [0.05, 0.1) is 0 Å². The SMILES string of the molecule is CP(C)c1cc2ccccc2[cH-]1.CP(C)c1cc2ccccc2[cH-]1.[Cl-].[Cl-].[Zr+2].[Zr+2].[c-]1cccc2c1Cc1ccccc1-2.[c-]1cccc2c1Cc1ccccc1-2. The maximum Gasteiger partial charge on any atom is 2.00 e. The molecule has 0 heterocycles. The fourth-order valence-electron chi connectivity index (χ4n) is 6.78. The van der Waals surface area contributed by atoms with E-state index in [9.17, 15) is 0 Å². The fraction of sp³-hybridized carbons (Fsp3) is 0.125. The fourth-order valence-corrected chi connectivity index (χ4v) is 8.37. The average Bonchev–Trinajstić information content (AvgIpc) is 3.94. The molecule has 0 aliphatic heterocycles. The van der Waals surface area contributed by atoms with Crippen LogP contribution in [-0.2, 0) is 65.2 Å². The molecule has 10 rings (SSSR count). The van der Waals surface area contributed by atoms with Crippen LogP contribution in [0, 0.1) is 12.1 Å². The summed E-state index contributed by atoms with van der Waals surface area (Å²) >= 11 is 0. The van der Waals surface area contributed by atoms with E-state index in [1.165, 1.54) is 76.7 Å². The van der Waals surface area contributed by atoms with Crippen molar-refractivity contribution in [2.45, 2.75) is 12.8 Å². The van der Waals surface area contributed by atoms with Gasteiger partial charge in [0.1, 0.15) is 0 Å². The van der Waals surface area contributed by atoms with Gasteiger partial charge in [0.15, 0.2) is 0 Å². The van der Waals surface area contributed by atoms with Crippen molar-refractivity contribution in [2.24, 2.45) is 0 Å². The Labute approximate surface area is 375 Å². The van der Waals surface area contributed by atoms with Gasteiger partial charge in [0.25, 0.3) is 0 Å². The first-order valence-corrected chi connectivity index (χ1v) is 21.7. The molecule has 0 atom stereocenters. The molecule has 0 saturated carbocycles. The number of rotatable bonds is 2. The van der Waals surface area contributed by atoms with Gasteiger partial charge < -0.3 is 24.8 Å². The summed E-state index contributed by atoms with van der Waals surface area (Å²) in [6.45, 7) is 9.18. The molecular formula is C48H42Cl2P2Zr2-2. The van der Waals surface area contributed by atoms with Crippen LogP contribution in [0.1, 0.15) is 22.3 Å². The van der Waals surface area contributed by atoms with E-state index in [0.717, 1.165) is 12.8 Å². The van der Waals surface area contributed by atoms with Gasteiger partial charge in [-0.05, 0) is 39.5 Å². The Morgan fingerprint density at radius 1 is 0.444 bits per heavy atom. The average molecular weight is 934 g/mol. The summed E-state index contributed by atoms with van der Waals surface area (Å²) in [5, 5.41) is 8.53. The minimum absolute atomic E-state index is 0. The summed E-state index contributed by atoms with van der Waals surface area (Å²) in [4.78, 5) is 0. The van der Waals surface area contributed by atoms with Gasteiger partial charge in [0.2, 0.25) is 0 Å². The van der Waals surface area contributed by atoms with E-state index in [-0.39, 0.29) is 93.1 Å². The molecule has 2 aliphatic rings. The topological polar surface area (TPSA) is 0 Å². The van der Waals surface area contributed by atoms with Gasteiger partial charge in [-0.2, -0.15) is 71.8 Å². The second kappa shape index (κ2) is 21.9. The molecule has 0 spiro atoms. The third-order valence-corrected chi connectivity index (χ3v) is 12.1. The Kier molecular flexibility index (Phi) is 18.7. The number of halogens is 2. The van der Waals surface area contributed by atoms with Crippen molar-refractivity contribution in [3.8, 4) is 22.3 Å². The Hall–Kier alpha value is -2.25. The van der Waals surface area contributed by atoms with Gasteiger partial charge in [-0.1, -0.05) is 82.9 Å². The Balaban J connectivity index is 0.000000189. The summed E-state index contributed by atoms with van der Waals surface area (Å²) in [5.74, 6) is 0. The normalized spacial score (nSPS) is 10.9. The van der Waals surface area contributed by atoms with Crippen LogP contribution in [0.3, 0.4) is 0 Å². The molecule has 8 aromatic rings. The second-order valence-corrected chi connectivity index (χ2v) is 17.9. The first kappa shape index (κ1) is 46.1. The van der Waals surface area contributed by atoms with Crippen molar-refractivity contribution in [2.75, 3.05) is 26.7 Å². The van der Waals surface area contributed by atoms with Gasteiger partial charge in [-0.25, -0.2) is 0 Å². The predicted octanol–water partition coefficient (Wildman–Crippen LogP) is 5.97. The van der Waals surface area contributed by atoms with Crippen molar-refractivity contribution in [3.05, 3.63) is 192 Å². The van der Waals surface area contributed by atoms with Crippen molar-refractivity contribution in [1.29, 1.82) is 0 Å². The zero-order valence-electron chi connectivity index (χ0n) is 31.1. The summed E-state index contributed by atoms with van der Waals surface area (Å²) < 4.78 is 0. The molecule has 0 unspecified atom stereocenters. The molecule has 6 heteroatoms. The third-order valence-electron chi connectivity index (χ3n) is 9.47. The van der Waals surface area contributed by atoms with Crippen LogP contribution in [0.5, 0.6) is 0 Å². The van der Waals surface area contributed by atoms with Crippen molar-refractivity contribution in [1.82, 2.24) is 0 Å². The minimum atomic E-state index is 0. The molecule has 2 aliphatic carbocycles. The van der Waals surface area contributed by atoms with Crippen LogP contribution in [0.15, 0.2) is 158 Å². The molecule has 0 fully saturated rings. The summed E-state index contributed by atoms with van der Waals surface area (Å²) in [6.07, 6.45) is 2.10. The summed E-state index contributed by atoms with van der Waals surface area (Å²) in [5.41, 5.74) is 11.0. The van der Waals surface area contributed by atoms with Crippen molar-refractivity contribution in [3.63, 3.8) is 0 Å². The van der Waals surface area contributed by atoms with Crippen LogP contribution in [0.4, 0.5) is 0 Å². The molecule has 268 valence electrons. The van der Waals surface area contributed by atoms with E-state index in [0.29, 0.717) is 0 Å². The molecule has 0 nitrogen and oxygen atoms in total. The van der Waals surface area contributed by atoms with Crippen molar-refractivity contribution >= 4 is 48.0 Å². The van der Waals surface area contributed by atoms with E-state index >= 15 is 0 Å². The van der Waals surface area contributed by atoms with E-state index in [2.05, 4.69) is 184 Å². The summed E-state index contributed by atoms with van der Waals surface area (Å²) in [6, 6.07) is 62.5. The Morgan fingerprint density at radius 2 is 0.796 bits per heavy atom. The predicted molar refractivity (Wildman–Crippen MR) is 223 cm³/mol. The van der Waals surface area contributed by atoms with E-state index < -0.39 is 0 Å². The molecule has 8 aromatic carbocycles. The zero-order valence-corrected chi connectivity index (χ0v) is 39.3. The van der Waals surface area contributed by atoms with Gasteiger partial charge in [0, 0.05) is 0 Å². The molecule has 0 bridgehead atoms. The molecule has 0 N–H and O–H groups in total. The minimum Gasteiger partial charge on any atom is -1.00 e. The maximum atomic E-state index is 3.30. The maximum absolute atomic E-state index is 3.30. The first-order valence-electron chi connectivity index (χ1n) is 17.3. The van der Waals surface area contributed by atoms with E-state index in [4.69, 9.17) is 0 Å². The Bertz CT molecular complexity index is 2050. The van der Waals surface area contributed by atoms with Crippen LogP contribution in [0.25, 0.3) is 43.8 Å². The van der Waals surface area contributed by atoms with Gasteiger partial charge in [-0.3, -0.25) is 0 Å². The van der Waals surface area contributed by atoms with Gasteiger partial charge >= 0.3 is 52.4 Å². The van der Waals surface area contributed by atoms with Crippen LogP contribution < -0.4 is 35.4 Å². The molecule has 54 heavy (non-hydrogen) atoms. The first-order chi connectivity index (χ1) is 24.4. The van der Waals surface area contributed by atoms with E-state index in [1.807, 2.05) is 12.1 Å². The standard InChI is InChI=1S/2C13H9.2C11H12P.2ClH.2Zr/c2*1-3-7-12-10(5-1)9-11-6-2-4-8-13(11)12;2*1-12(2)11-7-9-5-3-4-6-10(9)8-11;;;;/h2*1-5,7-8H,9H2;2*3-8H,1-2H3;2*1H;;/q4*-1;;;2*+2/p-2. The monoisotopic (exact) mass is 930 g/mol. The third kappa shape index (κ3) is 11.0. The van der Waals surface area contributed by atoms with Crippen molar-refractivity contribution < 1.29 is 77.2 Å². The van der Waals surface area contributed by atoms with Crippen LogP contribution >= 0.6 is 15.8 Å². The molecule has 0 saturated heterocycles. The number of benzene rings is 6. The van der Waals surface area contributed by atoms with Crippen LogP contribution in [0.2, 0.25) is 0 Å². The zero-order chi connectivity index (χ0) is 34.5. The number of hydrogen-bond acceptors (Lipinski definition) is 0. The largest absolute Gasteiger partial charge is 2.00 e. The molecular weight excluding hydrogens is 892 g/mol. The van der Waals surface area contributed by atoms with Crippen LogP contribution in [-0.4, -0.2) is 26.7 Å².